The number of hydrogen-bond donors (Lipinski definition) is 2. The van der Waals surface area contributed by atoms with Crippen LogP contribution in [0.5, 0.6) is 0 Å². The van der Waals surface area contributed by atoms with E-state index >= 15 is 0 Å². The number of carboxylic acid groups (broad SMARTS) is 1. The van der Waals surface area contributed by atoms with Gasteiger partial charge in [-0.2, -0.15) is 0 Å². The molecule has 0 radical (unpaired) electrons. The van der Waals surface area contributed by atoms with Crippen molar-refractivity contribution in [3.8, 4) is 0 Å². The van der Waals surface area contributed by atoms with Crippen LogP contribution >= 0.6 is 0 Å². The minimum absolute atomic E-state index is 0.00640. The molecule has 1 saturated heterocycles. The minimum atomic E-state index is -1.09. The van der Waals surface area contributed by atoms with Gasteiger partial charge in [-0.3, -0.25) is 9.59 Å². The fourth-order valence-electron chi connectivity index (χ4n) is 10.2. The highest BCUT2D eigenvalue weighted by atomic mass is 16.6. The number of aliphatic hydroxyl groups is 1. The molecule has 5 aliphatic rings. The summed E-state index contributed by atoms with van der Waals surface area (Å²) >= 11 is 0. The SMILES string of the molecule is CC(C)=C[C@@H]1[C@H]2CC[C@@H]3[C@@]4(C)C=CC(C)(C)[C@@H]4CC[C@@]3(C)[C@]2(C(=O)O)CC[C@@]12C[C@H](O)OC2=O. The third kappa shape index (κ3) is 2.77. The first-order valence-corrected chi connectivity index (χ1v) is 13.2. The summed E-state index contributed by atoms with van der Waals surface area (Å²) in [5.74, 6) is -0.584. The lowest BCUT2D eigenvalue weighted by atomic mass is 9.34. The third-order valence-corrected chi connectivity index (χ3v) is 11.5. The van der Waals surface area contributed by atoms with Gasteiger partial charge in [0, 0.05) is 6.42 Å². The van der Waals surface area contributed by atoms with Crippen molar-refractivity contribution >= 4 is 11.9 Å². The highest BCUT2D eigenvalue weighted by molar-refractivity contribution is 5.82. The molecule has 0 amide bonds. The Bertz CT molecular complexity index is 975. The molecule has 1 heterocycles. The van der Waals surface area contributed by atoms with Crippen molar-refractivity contribution in [1.29, 1.82) is 0 Å². The third-order valence-electron chi connectivity index (χ3n) is 11.5. The first-order valence-electron chi connectivity index (χ1n) is 13.2. The Balaban J connectivity index is 1.65. The molecule has 5 rings (SSSR count). The van der Waals surface area contributed by atoms with E-state index in [1.54, 1.807) is 0 Å². The normalized spacial score (nSPS) is 50.8. The maximum atomic E-state index is 13.5. The van der Waals surface area contributed by atoms with E-state index in [9.17, 15) is 19.8 Å². The molecule has 188 valence electrons. The molecule has 0 bridgehead atoms. The van der Waals surface area contributed by atoms with Gasteiger partial charge in [0.2, 0.25) is 6.29 Å². The lowest BCUT2D eigenvalue weighted by Crippen LogP contribution is -2.67. The van der Waals surface area contributed by atoms with E-state index in [0.29, 0.717) is 24.7 Å². The maximum Gasteiger partial charge on any atom is 0.315 e. The Hall–Kier alpha value is -1.62. The molecule has 0 aromatic heterocycles. The molecular weight excluding hydrogens is 428 g/mol. The monoisotopic (exact) mass is 470 g/mol. The molecule has 1 aliphatic heterocycles. The van der Waals surface area contributed by atoms with E-state index in [1.807, 2.05) is 13.8 Å². The van der Waals surface area contributed by atoms with Gasteiger partial charge in [0.15, 0.2) is 0 Å². The molecule has 4 aliphatic carbocycles. The Labute approximate surface area is 204 Å². The predicted octanol–water partition coefficient (Wildman–Crippen LogP) is 5.73. The smallest absolute Gasteiger partial charge is 0.315 e. The number of aliphatic hydroxyl groups excluding tert-OH is 1. The summed E-state index contributed by atoms with van der Waals surface area (Å²) in [6.07, 6.45) is 10.8. The van der Waals surface area contributed by atoms with E-state index in [2.05, 4.69) is 45.9 Å². The van der Waals surface area contributed by atoms with Crippen molar-refractivity contribution in [3.05, 3.63) is 23.8 Å². The molecule has 0 unspecified atom stereocenters. The van der Waals surface area contributed by atoms with Crippen LogP contribution in [0.15, 0.2) is 23.8 Å². The van der Waals surface area contributed by atoms with Crippen molar-refractivity contribution in [2.75, 3.05) is 0 Å². The molecule has 1 spiro atoms. The van der Waals surface area contributed by atoms with Gasteiger partial charge in [0.1, 0.15) is 0 Å². The van der Waals surface area contributed by atoms with Crippen molar-refractivity contribution in [3.63, 3.8) is 0 Å². The molecule has 3 saturated carbocycles. The van der Waals surface area contributed by atoms with E-state index in [1.165, 1.54) is 0 Å². The van der Waals surface area contributed by atoms with Gasteiger partial charge in [-0.1, -0.05) is 51.5 Å². The number of aliphatic carboxylic acids is 1. The van der Waals surface area contributed by atoms with Gasteiger partial charge >= 0.3 is 11.9 Å². The fourth-order valence-corrected chi connectivity index (χ4v) is 10.2. The van der Waals surface area contributed by atoms with Gasteiger partial charge in [-0.05, 0) is 92.3 Å². The number of carbonyl (C=O) groups excluding carboxylic acids is 1. The number of carbonyl (C=O) groups is 2. The van der Waals surface area contributed by atoms with Crippen molar-refractivity contribution in [2.24, 2.45) is 50.7 Å². The first-order chi connectivity index (χ1) is 15.7. The van der Waals surface area contributed by atoms with Gasteiger partial charge < -0.3 is 14.9 Å². The van der Waals surface area contributed by atoms with Crippen LogP contribution in [0.4, 0.5) is 0 Å². The molecule has 5 heteroatoms. The Morgan fingerprint density at radius 1 is 1.03 bits per heavy atom. The number of fused-ring (bicyclic) bond motifs is 5. The Morgan fingerprint density at radius 3 is 2.32 bits per heavy atom. The quantitative estimate of drug-likeness (QED) is 0.398. The number of hydrogen-bond acceptors (Lipinski definition) is 4. The van der Waals surface area contributed by atoms with Gasteiger partial charge in [-0.25, -0.2) is 0 Å². The van der Waals surface area contributed by atoms with Crippen LogP contribution in [-0.2, 0) is 14.3 Å². The average Bonchev–Trinajstić information content (AvgIpc) is 3.15. The largest absolute Gasteiger partial charge is 0.481 e. The fraction of sp³-hybridized carbons (Fsp3) is 0.793. The number of ether oxygens (including phenoxy) is 1. The van der Waals surface area contributed by atoms with Crippen molar-refractivity contribution < 1.29 is 24.5 Å². The molecule has 0 aromatic carbocycles. The maximum absolute atomic E-state index is 13.5. The molecule has 34 heavy (non-hydrogen) atoms. The minimum Gasteiger partial charge on any atom is -0.481 e. The molecule has 4 fully saturated rings. The Morgan fingerprint density at radius 2 is 1.74 bits per heavy atom. The van der Waals surface area contributed by atoms with E-state index in [-0.39, 0.29) is 40.5 Å². The van der Waals surface area contributed by atoms with Crippen LogP contribution in [0.2, 0.25) is 0 Å². The zero-order chi connectivity index (χ0) is 24.9. The molecular formula is C29H42O5. The number of cyclic esters (lactones) is 1. The summed E-state index contributed by atoms with van der Waals surface area (Å²) in [4.78, 5) is 26.6. The average molecular weight is 471 g/mol. The van der Waals surface area contributed by atoms with Crippen LogP contribution in [0.1, 0.15) is 86.5 Å². The van der Waals surface area contributed by atoms with Crippen LogP contribution in [0.25, 0.3) is 0 Å². The van der Waals surface area contributed by atoms with E-state index in [0.717, 1.165) is 31.3 Å². The summed E-state index contributed by atoms with van der Waals surface area (Å²) < 4.78 is 5.30. The van der Waals surface area contributed by atoms with Crippen LogP contribution < -0.4 is 0 Å². The topological polar surface area (TPSA) is 83.8 Å². The predicted molar refractivity (Wildman–Crippen MR) is 129 cm³/mol. The summed E-state index contributed by atoms with van der Waals surface area (Å²) in [5, 5.41) is 21.3. The second-order valence-electron chi connectivity index (χ2n) is 13.5. The molecule has 9 atom stereocenters. The number of allylic oxidation sites excluding steroid dienone is 4. The Kier molecular flexibility index (Phi) is 5.11. The van der Waals surface area contributed by atoms with Crippen LogP contribution in [-0.4, -0.2) is 28.4 Å². The van der Waals surface area contributed by atoms with Crippen LogP contribution in [0, 0.1) is 50.7 Å². The lowest BCUT2D eigenvalue weighted by Gasteiger charge is -2.68. The second-order valence-corrected chi connectivity index (χ2v) is 13.5. The van der Waals surface area contributed by atoms with E-state index < -0.39 is 23.1 Å². The lowest BCUT2D eigenvalue weighted by molar-refractivity contribution is -0.225. The summed E-state index contributed by atoms with van der Waals surface area (Å²) in [5.41, 5.74) is -0.848. The number of rotatable bonds is 2. The van der Waals surface area contributed by atoms with Crippen LogP contribution in [0.3, 0.4) is 0 Å². The van der Waals surface area contributed by atoms with Gasteiger partial charge in [0.25, 0.3) is 0 Å². The van der Waals surface area contributed by atoms with Crippen molar-refractivity contribution in [2.45, 2.75) is 92.8 Å². The zero-order valence-corrected chi connectivity index (χ0v) is 21.7. The second kappa shape index (κ2) is 7.21. The number of carboxylic acids is 1. The highest BCUT2D eigenvalue weighted by Crippen LogP contribution is 2.76. The summed E-state index contributed by atoms with van der Waals surface area (Å²) in [7, 11) is 0. The van der Waals surface area contributed by atoms with Gasteiger partial charge in [0.05, 0.1) is 10.8 Å². The molecule has 5 nitrogen and oxygen atoms in total. The molecule has 0 aromatic rings. The highest BCUT2D eigenvalue weighted by Gasteiger charge is 2.74. The van der Waals surface area contributed by atoms with Gasteiger partial charge in [-0.15, -0.1) is 0 Å². The number of esters is 1. The summed E-state index contributed by atoms with van der Waals surface area (Å²) in [6, 6.07) is 0. The van der Waals surface area contributed by atoms with E-state index in [4.69, 9.17) is 4.74 Å². The van der Waals surface area contributed by atoms with Crippen molar-refractivity contribution in [1.82, 2.24) is 0 Å². The first kappa shape index (κ1) is 24.1. The zero-order valence-electron chi connectivity index (χ0n) is 21.7. The standard InChI is InChI=1S/C29H42O5/c1-17(2)15-19-18-7-8-21-26(5)12-11-25(3,4)20(26)9-10-27(21,6)29(18,23(31)32)14-13-28(19)16-22(30)34-24(28)33/h11-12,15,18-22,30H,7-10,13-14,16H2,1-6H3,(H,31,32)/t18-,19-,20+,21-,22-,26+,27-,28-,29-/m1/s1. The summed E-state index contributed by atoms with van der Waals surface area (Å²) in [6.45, 7) is 13.3. The molecule has 2 N–H and O–H groups in total.